The second-order valence-corrected chi connectivity index (χ2v) is 8.99. The fraction of sp³-hybridized carbons (Fsp3) is 0.360. The van der Waals surface area contributed by atoms with E-state index in [1.807, 2.05) is 61.9 Å². The quantitative estimate of drug-likeness (QED) is 0.551. The molecular weight excluding hydrogens is 409 g/mol. The van der Waals surface area contributed by atoms with E-state index in [1.165, 1.54) is 12.1 Å². The van der Waals surface area contributed by atoms with Gasteiger partial charge in [-0.05, 0) is 56.7 Å². The molecule has 1 aromatic heterocycles. The Labute approximate surface area is 187 Å². The smallest absolute Gasteiger partial charge is 0.410 e. The molecule has 7 heteroatoms. The molecule has 1 aliphatic heterocycles. The number of ether oxygens (including phenoxy) is 2. The van der Waals surface area contributed by atoms with E-state index in [-0.39, 0.29) is 18.0 Å². The minimum Gasteiger partial charge on any atom is -0.444 e. The Kier molecular flexibility index (Phi) is 6.28. The molecule has 1 aliphatic rings. The van der Waals surface area contributed by atoms with E-state index in [2.05, 4.69) is 0 Å². The van der Waals surface area contributed by atoms with Gasteiger partial charge in [0, 0.05) is 12.1 Å². The number of aromatic nitrogens is 2. The van der Waals surface area contributed by atoms with Gasteiger partial charge in [0.2, 0.25) is 0 Å². The summed E-state index contributed by atoms with van der Waals surface area (Å²) >= 11 is 0. The highest BCUT2D eigenvalue weighted by atomic mass is 19.1. The van der Waals surface area contributed by atoms with Crippen LogP contribution in [0.5, 0.6) is 0 Å². The number of carbonyl (C=O) groups is 1. The van der Waals surface area contributed by atoms with E-state index in [1.54, 1.807) is 17.0 Å². The number of amides is 1. The van der Waals surface area contributed by atoms with Gasteiger partial charge in [-0.25, -0.2) is 9.18 Å². The molecule has 0 aliphatic carbocycles. The molecule has 0 N–H and O–H groups in total. The molecule has 1 amide bonds. The number of halogens is 1. The van der Waals surface area contributed by atoms with Crippen LogP contribution >= 0.6 is 0 Å². The third-order valence-corrected chi connectivity index (χ3v) is 5.16. The zero-order chi connectivity index (χ0) is 22.7. The van der Waals surface area contributed by atoms with E-state index in [9.17, 15) is 9.18 Å². The second kappa shape index (κ2) is 9.12. The van der Waals surface area contributed by atoms with Crippen molar-refractivity contribution in [3.8, 4) is 11.3 Å². The summed E-state index contributed by atoms with van der Waals surface area (Å²) in [6.45, 7) is 7.25. The molecule has 32 heavy (non-hydrogen) atoms. The molecule has 6 nitrogen and oxygen atoms in total. The van der Waals surface area contributed by atoms with E-state index < -0.39 is 5.60 Å². The summed E-state index contributed by atoms with van der Waals surface area (Å²) in [5.74, 6) is -0.291. The SMILES string of the molecule is CC(C)(C)OC(=O)N1Cc2cc(-c3ccc(F)cc3)nn2C(COCc2ccccc2)C1. The highest BCUT2D eigenvalue weighted by Crippen LogP contribution is 2.28. The van der Waals surface area contributed by atoms with E-state index in [4.69, 9.17) is 14.6 Å². The molecule has 0 radical (unpaired) electrons. The van der Waals surface area contributed by atoms with Crippen LogP contribution < -0.4 is 0 Å². The van der Waals surface area contributed by atoms with Gasteiger partial charge in [0.15, 0.2) is 0 Å². The monoisotopic (exact) mass is 437 g/mol. The Hall–Kier alpha value is -3.19. The van der Waals surface area contributed by atoms with Crippen LogP contribution in [0.4, 0.5) is 9.18 Å². The topological polar surface area (TPSA) is 56.6 Å². The fourth-order valence-electron chi connectivity index (χ4n) is 3.70. The Morgan fingerprint density at radius 2 is 1.84 bits per heavy atom. The predicted molar refractivity (Wildman–Crippen MR) is 119 cm³/mol. The van der Waals surface area contributed by atoms with Crippen LogP contribution in [0.2, 0.25) is 0 Å². The van der Waals surface area contributed by atoms with Gasteiger partial charge in [0.25, 0.3) is 0 Å². The number of benzene rings is 2. The number of nitrogens with zero attached hydrogens (tertiary/aromatic N) is 3. The number of fused-ring (bicyclic) bond motifs is 1. The molecule has 0 spiro atoms. The third kappa shape index (κ3) is 5.34. The van der Waals surface area contributed by atoms with Crippen LogP contribution in [-0.2, 0) is 22.6 Å². The van der Waals surface area contributed by atoms with Gasteiger partial charge < -0.3 is 14.4 Å². The second-order valence-electron chi connectivity index (χ2n) is 8.99. The molecular formula is C25H28FN3O3. The van der Waals surface area contributed by atoms with Gasteiger partial charge in [-0.1, -0.05) is 30.3 Å². The molecule has 2 heterocycles. The van der Waals surface area contributed by atoms with Crippen molar-refractivity contribution < 1.29 is 18.7 Å². The molecule has 4 rings (SSSR count). The van der Waals surface area contributed by atoms with Gasteiger partial charge in [0.05, 0.1) is 37.2 Å². The lowest BCUT2D eigenvalue weighted by atomic mass is 10.1. The maximum absolute atomic E-state index is 13.3. The Bertz CT molecular complexity index is 1060. The maximum atomic E-state index is 13.3. The van der Waals surface area contributed by atoms with Gasteiger partial charge in [-0.3, -0.25) is 4.68 Å². The highest BCUT2D eigenvalue weighted by molar-refractivity contribution is 5.68. The Balaban J connectivity index is 1.55. The molecule has 2 aromatic carbocycles. The molecule has 0 bridgehead atoms. The molecule has 3 aromatic rings. The van der Waals surface area contributed by atoms with Crippen LogP contribution in [0.1, 0.15) is 38.1 Å². The molecule has 1 atom stereocenters. The lowest BCUT2D eigenvalue weighted by Gasteiger charge is -2.34. The van der Waals surface area contributed by atoms with Crippen molar-refractivity contribution in [1.82, 2.24) is 14.7 Å². The normalized spacial score (nSPS) is 16.0. The lowest BCUT2D eigenvalue weighted by molar-refractivity contribution is 0.00660. The summed E-state index contributed by atoms with van der Waals surface area (Å²) < 4.78 is 26.8. The number of rotatable bonds is 5. The number of hydrogen-bond donors (Lipinski definition) is 0. The van der Waals surface area contributed by atoms with Crippen molar-refractivity contribution in [2.24, 2.45) is 0 Å². The maximum Gasteiger partial charge on any atom is 0.410 e. The third-order valence-electron chi connectivity index (χ3n) is 5.16. The fourth-order valence-corrected chi connectivity index (χ4v) is 3.70. The van der Waals surface area contributed by atoms with Gasteiger partial charge in [-0.2, -0.15) is 5.10 Å². The zero-order valence-electron chi connectivity index (χ0n) is 18.6. The predicted octanol–water partition coefficient (Wildman–Crippen LogP) is 5.20. The van der Waals surface area contributed by atoms with Crippen molar-refractivity contribution in [2.45, 2.75) is 45.6 Å². The minimum atomic E-state index is -0.576. The van der Waals surface area contributed by atoms with Crippen LogP contribution in [-0.4, -0.2) is 39.5 Å². The first-order valence-corrected chi connectivity index (χ1v) is 10.7. The summed E-state index contributed by atoms with van der Waals surface area (Å²) in [5, 5.41) is 4.76. The van der Waals surface area contributed by atoms with Crippen molar-refractivity contribution in [3.63, 3.8) is 0 Å². The standard InChI is InChI=1S/C25H28FN3O3/c1-25(2,3)32-24(30)28-14-21-13-23(19-9-11-20(26)12-10-19)27-29(21)22(15-28)17-31-16-18-7-5-4-6-8-18/h4-13,22H,14-17H2,1-3H3. The zero-order valence-corrected chi connectivity index (χ0v) is 18.6. The van der Waals surface area contributed by atoms with E-state index >= 15 is 0 Å². The van der Waals surface area contributed by atoms with Crippen molar-refractivity contribution in [2.75, 3.05) is 13.2 Å². The van der Waals surface area contributed by atoms with Crippen LogP contribution in [0.15, 0.2) is 60.7 Å². The first-order valence-electron chi connectivity index (χ1n) is 10.7. The average Bonchev–Trinajstić information content (AvgIpc) is 3.18. The van der Waals surface area contributed by atoms with Crippen LogP contribution in [0.25, 0.3) is 11.3 Å². The first kappa shape index (κ1) is 22.0. The average molecular weight is 438 g/mol. The molecule has 0 saturated carbocycles. The summed E-state index contributed by atoms with van der Waals surface area (Å²) in [5.41, 5.74) is 2.95. The van der Waals surface area contributed by atoms with E-state index in [0.717, 1.165) is 22.5 Å². The highest BCUT2D eigenvalue weighted by Gasteiger charge is 2.32. The van der Waals surface area contributed by atoms with E-state index in [0.29, 0.717) is 26.3 Å². The van der Waals surface area contributed by atoms with Gasteiger partial charge in [0.1, 0.15) is 11.4 Å². The number of hydrogen-bond acceptors (Lipinski definition) is 4. The molecule has 168 valence electrons. The summed E-state index contributed by atoms with van der Waals surface area (Å²) in [4.78, 5) is 14.5. The summed E-state index contributed by atoms with van der Waals surface area (Å²) in [6.07, 6.45) is -0.360. The number of carbonyl (C=O) groups excluding carboxylic acids is 1. The van der Waals surface area contributed by atoms with Gasteiger partial charge >= 0.3 is 6.09 Å². The van der Waals surface area contributed by atoms with Crippen molar-refractivity contribution >= 4 is 6.09 Å². The van der Waals surface area contributed by atoms with Crippen LogP contribution in [0, 0.1) is 5.82 Å². The summed E-state index contributed by atoms with van der Waals surface area (Å²) in [7, 11) is 0. The molecule has 0 fully saturated rings. The molecule has 1 unspecified atom stereocenters. The first-order chi connectivity index (χ1) is 15.3. The Morgan fingerprint density at radius 3 is 2.53 bits per heavy atom. The van der Waals surface area contributed by atoms with Crippen molar-refractivity contribution in [3.05, 3.63) is 77.7 Å². The lowest BCUT2D eigenvalue weighted by Crippen LogP contribution is -2.44. The van der Waals surface area contributed by atoms with Crippen LogP contribution in [0.3, 0.4) is 0 Å². The summed E-state index contributed by atoms with van der Waals surface area (Å²) in [6, 6.07) is 18.0. The van der Waals surface area contributed by atoms with Crippen molar-refractivity contribution in [1.29, 1.82) is 0 Å². The Morgan fingerprint density at radius 1 is 1.12 bits per heavy atom. The van der Waals surface area contributed by atoms with Gasteiger partial charge in [-0.15, -0.1) is 0 Å². The largest absolute Gasteiger partial charge is 0.444 e. The molecule has 0 saturated heterocycles. The minimum absolute atomic E-state index is 0.163.